The number of hydrogen-bond acceptors (Lipinski definition) is 3. The maximum Gasteiger partial charge on any atom is 0.209 e. The molecular weight excluding hydrogens is 406 g/mol. The van der Waals surface area contributed by atoms with E-state index in [0.29, 0.717) is 23.1 Å². The van der Waals surface area contributed by atoms with Gasteiger partial charge in [-0.25, -0.2) is 21.9 Å². The summed E-state index contributed by atoms with van der Waals surface area (Å²) >= 11 is 0. The number of hydrogen-bond donors (Lipinski definition) is 2. The summed E-state index contributed by atoms with van der Waals surface area (Å²) in [6.45, 7) is 0.732. The van der Waals surface area contributed by atoms with Crippen molar-refractivity contribution >= 4 is 22.4 Å². The molecule has 1 aliphatic carbocycles. The summed E-state index contributed by atoms with van der Waals surface area (Å²) in [5.74, 6) is -0.803. The van der Waals surface area contributed by atoms with Crippen LogP contribution in [0.4, 0.5) is 8.78 Å². The van der Waals surface area contributed by atoms with E-state index in [1.807, 2.05) is 0 Å². The first-order valence-electron chi connectivity index (χ1n) is 9.01. The van der Waals surface area contributed by atoms with Crippen molar-refractivity contribution in [3.05, 3.63) is 59.7 Å². The first-order valence-corrected chi connectivity index (χ1v) is 10.9. The van der Waals surface area contributed by atoms with Gasteiger partial charge in [-0.05, 0) is 42.5 Å². The van der Waals surface area contributed by atoms with Crippen LogP contribution in [0.5, 0.6) is 0 Å². The molecule has 8 heteroatoms. The molecule has 4 rings (SSSR count). The first-order chi connectivity index (χ1) is 12.8. The number of rotatable bonds is 5. The van der Waals surface area contributed by atoms with E-state index in [2.05, 4.69) is 10.0 Å². The van der Waals surface area contributed by atoms with Crippen molar-refractivity contribution in [2.24, 2.45) is 5.41 Å². The molecule has 1 saturated carbocycles. The van der Waals surface area contributed by atoms with Crippen molar-refractivity contribution in [3.63, 3.8) is 0 Å². The van der Waals surface area contributed by atoms with Crippen LogP contribution in [0.1, 0.15) is 18.4 Å². The van der Waals surface area contributed by atoms with E-state index in [1.54, 1.807) is 30.3 Å². The molecule has 2 aliphatic rings. The molecule has 4 nitrogen and oxygen atoms in total. The minimum absolute atomic E-state index is 0. The van der Waals surface area contributed by atoms with Crippen LogP contribution in [0.15, 0.2) is 42.5 Å². The molecule has 2 aromatic carbocycles. The zero-order valence-electron chi connectivity index (χ0n) is 15.4. The molecule has 2 fully saturated rings. The molecule has 28 heavy (non-hydrogen) atoms. The second-order valence-electron chi connectivity index (χ2n) is 7.71. The van der Waals surface area contributed by atoms with E-state index in [9.17, 15) is 12.8 Å². The summed E-state index contributed by atoms with van der Waals surface area (Å²) in [5, 5.41) is 3.37. The normalized spacial score (nSPS) is 22.8. The maximum atomic E-state index is 15.1. The molecule has 0 radical (unpaired) electrons. The van der Waals surface area contributed by atoms with Crippen LogP contribution in [-0.4, -0.2) is 33.3 Å². The third kappa shape index (κ3) is 4.22. The molecule has 0 unspecified atom stereocenters. The minimum Gasteiger partial charge on any atom is -0.311 e. The average molecular weight is 429 g/mol. The van der Waals surface area contributed by atoms with Gasteiger partial charge in [-0.2, -0.15) is 0 Å². The molecule has 1 saturated heterocycles. The molecule has 1 spiro atoms. The fourth-order valence-corrected chi connectivity index (χ4v) is 4.99. The zero-order valence-corrected chi connectivity index (χ0v) is 17.0. The van der Waals surface area contributed by atoms with Crippen molar-refractivity contribution in [1.29, 1.82) is 0 Å². The van der Waals surface area contributed by atoms with Gasteiger partial charge in [0.15, 0.2) is 0 Å². The standard InChI is InChI=1S/C20H22F2N2O2S.ClH/c1-27(25,26)24-19-17(23-12-20(19)8-9-20)11-14-5-3-7-16(18(14)22)13-4-2-6-15(21)10-13;/h2-7,10,17,19,23-24H,8-9,11-12H2,1H3;1H/t17-,19+;/m0./s1. The highest BCUT2D eigenvalue weighted by atomic mass is 35.5. The van der Waals surface area contributed by atoms with E-state index >= 15 is 4.39 Å². The van der Waals surface area contributed by atoms with E-state index in [-0.39, 0.29) is 35.7 Å². The van der Waals surface area contributed by atoms with Gasteiger partial charge in [0.2, 0.25) is 10.0 Å². The van der Waals surface area contributed by atoms with Crippen molar-refractivity contribution in [2.75, 3.05) is 12.8 Å². The molecular formula is C20H23ClF2N2O2S. The number of halogens is 3. The van der Waals surface area contributed by atoms with Crippen molar-refractivity contribution in [2.45, 2.75) is 31.3 Å². The summed E-state index contributed by atoms with van der Waals surface area (Å²) in [7, 11) is -3.36. The van der Waals surface area contributed by atoms with E-state index in [4.69, 9.17) is 0 Å². The van der Waals surface area contributed by atoms with Gasteiger partial charge >= 0.3 is 0 Å². The highest BCUT2D eigenvalue weighted by Gasteiger charge is 2.56. The fourth-order valence-electron chi connectivity index (χ4n) is 4.12. The van der Waals surface area contributed by atoms with Crippen molar-refractivity contribution < 1.29 is 17.2 Å². The number of nitrogens with one attached hydrogen (secondary N) is 2. The lowest BCUT2D eigenvalue weighted by Crippen LogP contribution is -2.47. The SMILES string of the molecule is CS(=O)(=O)N[C@@H]1[C@H](Cc2cccc(-c3cccc(F)c3)c2F)NCC12CC2.Cl. The lowest BCUT2D eigenvalue weighted by molar-refractivity contribution is 0.407. The second kappa shape index (κ2) is 7.71. The van der Waals surface area contributed by atoms with Gasteiger partial charge < -0.3 is 5.32 Å². The topological polar surface area (TPSA) is 58.2 Å². The second-order valence-corrected chi connectivity index (χ2v) is 9.49. The molecule has 2 aromatic rings. The zero-order chi connectivity index (χ0) is 19.2. The average Bonchev–Trinajstić information content (AvgIpc) is 3.31. The number of sulfonamides is 1. The Bertz CT molecular complexity index is 980. The first kappa shape index (κ1) is 21.2. The van der Waals surface area contributed by atoms with Gasteiger partial charge in [-0.15, -0.1) is 12.4 Å². The Morgan fingerprint density at radius 2 is 1.89 bits per heavy atom. The Balaban J connectivity index is 0.00000225. The lowest BCUT2D eigenvalue weighted by Gasteiger charge is -2.24. The molecule has 0 amide bonds. The van der Waals surface area contributed by atoms with Crippen molar-refractivity contribution in [1.82, 2.24) is 10.0 Å². The highest BCUT2D eigenvalue weighted by Crippen LogP contribution is 2.52. The summed E-state index contributed by atoms with van der Waals surface area (Å²) in [6, 6.07) is 10.5. The van der Waals surface area contributed by atoms with Gasteiger partial charge in [0.05, 0.1) is 6.26 Å². The Labute approximate surface area is 170 Å². The van der Waals surface area contributed by atoms with Gasteiger partial charge in [-0.3, -0.25) is 0 Å². The lowest BCUT2D eigenvalue weighted by atomic mass is 9.91. The fraction of sp³-hybridized carbons (Fsp3) is 0.400. The van der Waals surface area contributed by atoms with Gasteiger partial charge in [0.25, 0.3) is 0 Å². The quantitative estimate of drug-likeness (QED) is 0.768. The maximum absolute atomic E-state index is 15.1. The third-order valence-electron chi connectivity index (χ3n) is 5.67. The summed E-state index contributed by atoms with van der Waals surface area (Å²) in [5.41, 5.74) is 1.27. The van der Waals surface area contributed by atoms with Crippen LogP contribution in [0, 0.1) is 17.0 Å². The van der Waals surface area contributed by atoms with Gasteiger partial charge in [0, 0.05) is 29.6 Å². The van der Waals surface area contributed by atoms with Crippen LogP contribution in [-0.2, 0) is 16.4 Å². The van der Waals surface area contributed by atoms with Crippen LogP contribution in [0.3, 0.4) is 0 Å². The molecule has 152 valence electrons. The van der Waals surface area contributed by atoms with E-state index in [1.165, 1.54) is 12.1 Å². The van der Waals surface area contributed by atoms with Crippen LogP contribution in [0.25, 0.3) is 11.1 Å². The molecule has 0 bridgehead atoms. The Morgan fingerprint density at radius 3 is 2.54 bits per heavy atom. The summed E-state index contributed by atoms with van der Waals surface area (Å²) in [4.78, 5) is 0. The molecule has 1 heterocycles. The minimum atomic E-state index is -3.36. The summed E-state index contributed by atoms with van der Waals surface area (Å²) < 4.78 is 55.0. The number of benzene rings is 2. The Hall–Kier alpha value is -1.54. The van der Waals surface area contributed by atoms with Crippen LogP contribution < -0.4 is 10.0 Å². The van der Waals surface area contributed by atoms with Crippen LogP contribution in [0.2, 0.25) is 0 Å². The predicted octanol–water partition coefficient (Wildman–Crippen LogP) is 3.27. The third-order valence-corrected chi connectivity index (χ3v) is 6.35. The highest BCUT2D eigenvalue weighted by molar-refractivity contribution is 7.88. The smallest absolute Gasteiger partial charge is 0.209 e. The Kier molecular flexibility index (Phi) is 5.83. The largest absolute Gasteiger partial charge is 0.311 e. The molecule has 1 aliphatic heterocycles. The van der Waals surface area contributed by atoms with Crippen molar-refractivity contribution in [3.8, 4) is 11.1 Å². The molecule has 0 aromatic heterocycles. The predicted molar refractivity (Wildman–Crippen MR) is 108 cm³/mol. The van der Waals surface area contributed by atoms with Gasteiger partial charge in [0.1, 0.15) is 11.6 Å². The summed E-state index contributed by atoms with van der Waals surface area (Å²) in [6.07, 6.45) is 3.46. The van der Waals surface area contributed by atoms with E-state index < -0.39 is 15.8 Å². The Morgan fingerprint density at radius 1 is 1.18 bits per heavy atom. The van der Waals surface area contributed by atoms with E-state index in [0.717, 1.165) is 25.6 Å². The molecule has 2 atom stereocenters. The van der Waals surface area contributed by atoms with Gasteiger partial charge in [-0.1, -0.05) is 30.3 Å². The monoisotopic (exact) mass is 428 g/mol. The van der Waals surface area contributed by atoms with Crippen LogP contribution >= 0.6 is 12.4 Å². The molecule has 2 N–H and O–H groups in total.